The number of hydrogen-bond donors (Lipinski definition) is 1. The molecule has 1 atom stereocenters. The summed E-state index contributed by atoms with van der Waals surface area (Å²) in [6.07, 6.45) is 0. The maximum atomic E-state index is 13.8. The van der Waals surface area contributed by atoms with Crippen molar-refractivity contribution in [3.05, 3.63) is 76.7 Å². The highest BCUT2D eigenvalue weighted by Gasteiger charge is 2.36. The maximum Gasteiger partial charge on any atom is 0.359 e. The molecule has 5 heteroatoms. The summed E-state index contributed by atoms with van der Waals surface area (Å²) in [5.41, 5.74) is 1.46. The van der Waals surface area contributed by atoms with Crippen LogP contribution in [-0.2, 0) is 16.1 Å². The topological polar surface area (TPSA) is 49.8 Å². The molecule has 1 N–H and O–H groups in total. The smallest absolute Gasteiger partial charge is 0.359 e. The molecule has 2 aromatic carbocycles. The molecule has 1 aliphatic heterocycles. The first-order chi connectivity index (χ1) is 12.7. The first kappa shape index (κ1) is 19.0. The number of halogens is 1. The Morgan fingerprint density at radius 3 is 2.48 bits per heavy atom. The number of esters is 1. The van der Waals surface area contributed by atoms with E-state index in [1.165, 1.54) is 18.2 Å². The van der Waals surface area contributed by atoms with Crippen LogP contribution in [0.15, 0.2) is 54.2 Å². The van der Waals surface area contributed by atoms with Crippen LogP contribution >= 0.6 is 0 Å². The van der Waals surface area contributed by atoms with Crippen LogP contribution in [0.25, 0.3) is 5.76 Å². The minimum absolute atomic E-state index is 0.0976. The van der Waals surface area contributed by atoms with Gasteiger partial charge in [0, 0.05) is 12.1 Å². The van der Waals surface area contributed by atoms with Crippen molar-refractivity contribution in [1.29, 1.82) is 0 Å². The number of rotatable bonds is 3. The molecule has 0 bridgehead atoms. The van der Waals surface area contributed by atoms with Gasteiger partial charge in [-0.25, -0.2) is 9.18 Å². The van der Waals surface area contributed by atoms with Crippen LogP contribution in [0, 0.1) is 5.82 Å². The summed E-state index contributed by atoms with van der Waals surface area (Å²) in [6.45, 7) is 7.60. The van der Waals surface area contributed by atoms with E-state index in [-0.39, 0.29) is 23.3 Å². The molecular formula is C22H24FNO3. The second kappa shape index (κ2) is 7.06. The summed E-state index contributed by atoms with van der Waals surface area (Å²) in [7, 11) is 0. The van der Waals surface area contributed by atoms with E-state index < -0.39 is 11.6 Å². The molecule has 0 radical (unpaired) electrons. The first-order valence-electron chi connectivity index (χ1n) is 8.94. The van der Waals surface area contributed by atoms with Gasteiger partial charge in [0.05, 0.1) is 6.04 Å². The van der Waals surface area contributed by atoms with Crippen molar-refractivity contribution in [3.63, 3.8) is 0 Å². The molecule has 0 aliphatic carbocycles. The number of hydrogen-bond acceptors (Lipinski definition) is 4. The zero-order valence-corrected chi connectivity index (χ0v) is 16.0. The number of fused-ring (bicyclic) bond motifs is 1. The third kappa shape index (κ3) is 3.97. The van der Waals surface area contributed by atoms with Crippen molar-refractivity contribution >= 4 is 11.7 Å². The number of aliphatic hydroxyl groups excluding tert-OH is 1. The Morgan fingerprint density at radius 2 is 1.85 bits per heavy atom. The largest absolute Gasteiger partial charge is 0.505 e. The number of ether oxygens (including phenoxy) is 1. The van der Waals surface area contributed by atoms with Gasteiger partial charge in [0.15, 0.2) is 11.5 Å². The zero-order chi connectivity index (χ0) is 19.8. The Balaban J connectivity index is 2.10. The normalized spacial score (nSPS) is 16.9. The highest BCUT2D eigenvalue weighted by Crippen LogP contribution is 2.39. The van der Waals surface area contributed by atoms with Gasteiger partial charge < -0.3 is 14.7 Å². The summed E-state index contributed by atoms with van der Waals surface area (Å²) >= 11 is 0. The lowest BCUT2D eigenvalue weighted by molar-refractivity contribution is -0.152. The number of aliphatic hydroxyl groups is 1. The third-order valence-corrected chi connectivity index (χ3v) is 4.49. The molecule has 0 amide bonds. The second-order valence-corrected chi connectivity index (χ2v) is 7.72. The van der Waals surface area contributed by atoms with Crippen molar-refractivity contribution < 1.29 is 19.0 Å². The number of nitrogens with zero attached hydrogens (tertiary/aromatic N) is 1. The zero-order valence-electron chi connectivity index (χ0n) is 16.0. The molecule has 0 fully saturated rings. The van der Waals surface area contributed by atoms with Gasteiger partial charge in [-0.3, -0.25) is 0 Å². The van der Waals surface area contributed by atoms with Gasteiger partial charge in [-0.2, -0.15) is 0 Å². The van der Waals surface area contributed by atoms with Crippen LogP contribution in [-0.4, -0.2) is 21.6 Å². The molecule has 3 rings (SSSR count). The van der Waals surface area contributed by atoms with Crippen molar-refractivity contribution in [2.45, 2.75) is 45.9 Å². The molecule has 0 aromatic heterocycles. The van der Waals surface area contributed by atoms with Gasteiger partial charge in [0.2, 0.25) is 0 Å². The minimum atomic E-state index is -0.699. The van der Waals surface area contributed by atoms with Gasteiger partial charge in [-0.05, 0) is 57.0 Å². The lowest BCUT2D eigenvalue weighted by Gasteiger charge is -2.38. The van der Waals surface area contributed by atoms with Gasteiger partial charge >= 0.3 is 5.97 Å². The van der Waals surface area contributed by atoms with Crippen LogP contribution in [0.1, 0.15) is 50.4 Å². The predicted octanol–water partition coefficient (Wildman–Crippen LogP) is 4.97. The van der Waals surface area contributed by atoms with E-state index in [9.17, 15) is 14.3 Å². The fourth-order valence-electron chi connectivity index (χ4n) is 3.26. The molecule has 1 aliphatic rings. The second-order valence-electron chi connectivity index (χ2n) is 7.72. The molecule has 1 heterocycles. The van der Waals surface area contributed by atoms with Crippen LogP contribution < -0.4 is 0 Å². The molecule has 27 heavy (non-hydrogen) atoms. The van der Waals surface area contributed by atoms with E-state index in [1.807, 2.05) is 37.3 Å². The average Bonchev–Trinajstić information content (AvgIpc) is 2.58. The van der Waals surface area contributed by atoms with Crippen molar-refractivity contribution in [1.82, 2.24) is 4.90 Å². The monoisotopic (exact) mass is 369 g/mol. The van der Waals surface area contributed by atoms with E-state index in [0.717, 1.165) is 5.56 Å². The predicted molar refractivity (Wildman–Crippen MR) is 102 cm³/mol. The van der Waals surface area contributed by atoms with Crippen molar-refractivity contribution in [2.75, 3.05) is 0 Å². The van der Waals surface area contributed by atoms with E-state index in [2.05, 4.69) is 0 Å². The molecule has 1 unspecified atom stereocenters. The summed E-state index contributed by atoms with van der Waals surface area (Å²) in [6, 6.07) is 13.5. The van der Waals surface area contributed by atoms with E-state index in [1.54, 1.807) is 25.7 Å². The summed E-state index contributed by atoms with van der Waals surface area (Å²) < 4.78 is 19.3. The summed E-state index contributed by atoms with van der Waals surface area (Å²) in [5.74, 6) is -1.17. The highest BCUT2D eigenvalue weighted by atomic mass is 19.1. The van der Waals surface area contributed by atoms with Gasteiger partial charge in [-0.15, -0.1) is 0 Å². The number of benzene rings is 2. The maximum absolute atomic E-state index is 13.8. The number of carbonyl (C=O) groups is 1. The Kier molecular flexibility index (Phi) is 4.96. The van der Waals surface area contributed by atoms with Gasteiger partial charge in [-0.1, -0.05) is 30.3 Å². The van der Waals surface area contributed by atoms with Crippen molar-refractivity contribution in [3.8, 4) is 0 Å². The molecule has 4 nitrogen and oxygen atoms in total. The van der Waals surface area contributed by atoms with Crippen LogP contribution in [0.3, 0.4) is 0 Å². The van der Waals surface area contributed by atoms with Crippen molar-refractivity contribution in [2.24, 2.45) is 0 Å². The molecule has 0 saturated heterocycles. The summed E-state index contributed by atoms with van der Waals surface area (Å²) in [5, 5.41) is 10.9. The lowest BCUT2D eigenvalue weighted by Crippen LogP contribution is -2.37. The van der Waals surface area contributed by atoms with Crippen LogP contribution in [0.4, 0.5) is 4.39 Å². The van der Waals surface area contributed by atoms with E-state index >= 15 is 0 Å². The van der Waals surface area contributed by atoms with Crippen LogP contribution in [0.2, 0.25) is 0 Å². The Labute approximate surface area is 158 Å². The quantitative estimate of drug-likeness (QED) is 0.776. The average molecular weight is 369 g/mol. The Morgan fingerprint density at radius 1 is 1.19 bits per heavy atom. The SMILES string of the molecule is CC1c2cc(F)ccc2C(O)=C(C(=O)OC(C)(C)C)N1Cc1ccccc1. The van der Waals surface area contributed by atoms with E-state index in [0.29, 0.717) is 17.7 Å². The molecule has 0 spiro atoms. The molecule has 0 saturated carbocycles. The fraction of sp³-hybridized carbons (Fsp3) is 0.318. The van der Waals surface area contributed by atoms with E-state index in [4.69, 9.17) is 4.74 Å². The molecular weight excluding hydrogens is 345 g/mol. The molecule has 142 valence electrons. The van der Waals surface area contributed by atoms with Gasteiger partial charge in [0.25, 0.3) is 0 Å². The Hall–Kier alpha value is -2.82. The fourth-order valence-corrected chi connectivity index (χ4v) is 3.26. The first-order valence-corrected chi connectivity index (χ1v) is 8.94. The third-order valence-electron chi connectivity index (χ3n) is 4.49. The number of carbonyl (C=O) groups excluding carboxylic acids is 1. The lowest BCUT2D eigenvalue weighted by atomic mass is 9.92. The molecule has 2 aromatic rings. The standard InChI is InChI=1S/C22H24FNO3/c1-14-18-12-16(23)10-11-17(18)20(25)19(21(26)27-22(2,3)4)24(14)13-15-8-6-5-7-9-15/h5-12,14,25H,13H2,1-4H3. The minimum Gasteiger partial charge on any atom is -0.505 e. The Bertz CT molecular complexity index is 884. The van der Waals surface area contributed by atoms with Gasteiger partial charge in [0.1, 0.15) is 11.4 Å². The summed E-state index contributed by atoms with van der Waals surface area (Å²) in [4.78, 5) is 14.7. The van der Waals surface area contributed by atoms with Crippen LogP contribution in [0.5, 0.6) is 0 Å². The highest BCUT2D eigenvalue weighted by molar-refractivity contribution is 5.96.